The third-order valence-corrected chi connectivity index (χ3v) is 4.95. The Labute approximate surface area is 162 Å². The van der Waals surface area contributed by atoms with Crippen molar-refractivity contribution in [1.82, 2.24) is 5.32 Å². The first-order chi connectivity index (χ1) is 13.1. The molecule has 6 heteroatoms. The van der Waals surface area contributed by atoms with Gasteiger partial charge in [0.25, 0.3) is 11.8 Å². The summed E-state index contributed by atoms with van der Waals surface area (Å²) in [6, 6.07) is 17.8. The monoisotopic (exact) mass is 380 g/mol. The SMILES string of the molecule is COc1ccccc1[C@@H](C)NC(=O)c1cccc(NC(=O)c2cccs2)c1. The van der Waals surface area contributed by atoms with Crippen molar-refractivity contribution in [2.75, 3.05) is 12.4 Å². The Balaban J connectivity index is 1.71. The van der Waals surface area contributed by atoms with Gasteiger partial charge in [-0.3, -0.25) is 9.59 Å². The number of rotatable bonds is 6. The van der Waals surface area contributed by atoms with Crippen molar-refractivity contribution in [2.24, 2.45) is 0 Å². The lowest BCUT2D eigenvalue weighted by molar-refractivity contribution is 0.0938. The number of hydrogen-bond acceptors (Lipinski definition) is 4. The zero-order valence-electron chi connectivity index (χ0n) is 15.1. The lowest BCUT2D eigenvalue weighted by atomic mass is 10.1. The minimum atomic E-state index is -0.224. The first kappa shape index (κ1) is 18.7. The standard InChI is InChI=1S/C21H20N2O3S/c1-14(17-9-3-4-10-18(17)26-2)22-20(24)15-7-5-8-16(13-15)23-21(25)19-11-6-12-27-19/h3-14H,1-2H3,(H,22,24)(H,23,25)/t14-/m1/s1. The quantitative estimate of drug-likeness (QED) is 0.662. The highest BCUT2D eigenvalue weighted by atomic mass is 32.1. The molecule has 0 fully saturated rings. The zero-order chi connectivity index (χ0) is 19.2. The smallest absolute Gasteiger partial charge is 0.265 e. The number of benzene rings is 2. The fourth-order valence-electron chi connectivity index (χ4n) is 2.72. The summed E-state index contributed by atoms with van der Waals surface area (Å²) < 4.78 is 5.35. The third kappa shape index (κ3) is 4.54. The van der Waals surface area contributed by atoms with Crippen LogP contribution < -0.4 is 15.4 Å². The maximum Gasteiger partial charge on any atom is 0.265 e. The highest BCUT2D eigenvalue weighted by molar-refractivity contribution is 7.12. The Morgan fingerprint density at radius 2 is 1.81 bits per heavy atom. The van der Waals surface area contributed by atoms with Gasteiger partial charge in [0, 0.05) is 16.8 Å². The molecule has 1 aromatic heterocycles. The van der Waals surface area contributed by atoms with Gasteiger partial charge >= 0.3 is 0 Å². The molecule has 1 heterocycles. The number of ether oxygens (including phenoxy) is 1. The van der Waals surface area contributed by atoms with Gasteiger partial charge in [-0.25, -0.2) is 0 Å². The van der Waals surface area contributed by atoms with Gasteiger partial charge in [-0.05, 0) is 42.6 Å². The molecule has 0 spiro atoms. The van der Waals surface area contributed by atoms with Crippen LogP contribution in [0.3, 0.4) is 0 Å². The van der Waals surface area contributed by atoms with Gasteiger partial charge in [0.05, 0.1) is 18.0 Å². The van der Waals surface area contributed by atoms with Crippen LogP contribution in [-0.4, -0.2) is 18.9 Å². The molecule has 0 aliphatic carbocycles. The fraction of sp³-hybridized carbons (Fsp3) is 0.143. The van der Waals surface area contributed by atoms with Crippen LogP contribution in [0.2, 0.25) is 0 Å². The van der Waals surface area contributed by atoms with E-state index in [0.29, 0.717) is 16.1 Å². The second-order valence-electron chi connectivity index (χ2n) is 5.95. The molecule has 0 bridgehead atoms. The van der Waals surface area contributed by atoms with E-state index >= 15 is 0 Å². The Hall–Kier alpha value is -3.12. The van der Waals surface area contributed by atoms with Crippen molar-refractivity contribution in [3.05, 3.63) is 82.0 Å². The number of anilines is 1. The minimum absolute atomic E-state index is 0.190. The van der Waals surface area contributed by atoms with Crippen molar-refractivity contribution in [2.45, 2.75) is 13.0 Å². The second-order valence-corrected chi connectivity index (χ2v) is 6.90. The van der Waals surface area contributed by atoms with E-state index in [1.807, 2.05) is 42.6 Å². The number of hydrogen-bond donors (Lipinski definition) is 2. The lowest BCUT2D eigenvalue weighted by Gasteiger charge is -2.17. The molecule has 0 radical (unpaired) electrons. The first-order valence-corrected chi connectivity index (χ1v) is 9.35. The molecule has 27 heavy (non-hydrogen) atoms. The molecule has 138 valence electrons. The molecule has 0 aliphatic heterocycles. The minimum Gasteiger partial charge on any atom is -0.496 e. The summed E-state index contributed by atoms with van der Waals surface area (Å²) in [7, 11) is 1.60. The first-order valence-electron chi connectivity index (χ1n) is 8.47. The van der Waals surface area contributed by atoms with Crippen LogP contribution in [0, 0.1) is 0 Å². The molecular formula is C21H20N2O3S. The van der Waals surface area contributed by atoms with Crippen LogP contribution in [0.4, 0.5) is 5.69 Å². The number of amides is 2. The van der Waals surface area contributed by atoms with Crippen LogP contribution in [-0.2, 0) is 0 Å². The summed E-state index contributed by atoms with van der Waals surface area (Å²) in [5, 5.41) is 7.63. The molecule has 3 aromatic rings. The maximum absolute atomic E-state index is 12.6. The number of thiophene rings is 1. The molecule has 2 amide bonds. The topological polar surface area (TPSA) is 67.4 Å². The van der Waals surface area contributed by atoms with Crippen molar-refractivity contribution in [3.63, 3.8) is 0 Å². The average Bonchev–Trinajstić information content (AvgIpc) is 3.23. The summed E-state index contributed by atoms with van der Waals surface area (Å²) in [6.45, 7) is 1.90. The molecule has 2 aromatic carbocycles. The van der Waals surface area contributed by atoms with Gasteiger partial charge in [0.1, 0.15) is 5.75 Å². The number of para-hydroxylation sites is 1. The van der Waals surface area contributed by atoms with Crippen LogP contribution in [0.15, 0.2) is 66.0 Å². The number of carbonyl (C=O) groups is 2. The molecule has 2 N–H and O–H groups in total. The molecule has 5 nitrogen and oxygen atoms in total. The van der Waals surface area contributed by atoms with Crippen LogP contribution in [0.25, 0.3) is 0 Å². The molecule has 0 saturated heterocycles. The Morgan fingerprint density at radius 3 is 2.56 bits per heavy atom. The van der Waals surface area contributed by atoms with Crippen molar-refractivity contribution < 1.29 is 14.3 Å². The van der Waals surface area contributed by atoms with Gasteiger partial charge in [0.2, 0.25) is 0 Å². The molecule has 1 atom stereocenters. The summed E-state index contributed by atoms with van der Waals surface area (Å²) in [5.74, 6) is 0.313. The highest BCUT2D eigenvalue weighted by Crippen LogP contribution is 2.24. The van der Waals surface area contributed by atoms with Gasteiger partial charge in [-0.1, -0.05) is 30.3 Å². The van der Waals surface area contributed by atoms with E-state index in [1.165, 1.54) is 11.3 Å². The van der Waals surface area contributed by atoms with E-state index < -0.39 is 0 Å². The van der Waals surface area contributed by atoms with Gasteiger partial charge in [-0.2, -0.15) is 0 Å². The van der Waals surface area contributed by atoms with Gasteiger partial charge in [0.15, 0.2) is 0 Å². The van der Waals surface area contributed by atoms with E-state index in [4.69, 9.17) is 4.74 Å². The van der Waals surface area contributed by atoms with Gasteiger partial charge in [-0.15, -0.1) is 11.3 Å². The Morgan fingerprint density at radius 1 is 1.00 bits per heavy atom. The van der Waals surface area contributed by atoms with Crippen molar-refractivity contribution in [1.29, 1.82) is 0 Å². The Bertz CT molecular complexity index is 938. The summed E-state index contributed by atoms with van der Waals surface area (Å²) in [4.78, 5) is 25.4. The van der Waals surface area contributed by atoms with E-state index in [1.54, 1.807) is 37.4 Å². The van der Waals surface area contributed by atoms with Crippen molar-refractivity contribution in [3.8, 4) is 5.75 Å². The number of nitrogens with one attached hydrogen (secondary N) is 2. The Kier molecular flexibility index (Phi) is 5.88. The third-order valence-electron chi connectivity index (χ3n) is 4.08. The number of carbonyl (C=O) groups excluding carboxylic acids is 2. The fourth-order valence-corrected chi connectivity index (χ4v) is 3.34. The molecule has 0 saturated carbocycles. The van der Waals surface area contributed by atoms with Crippen LogP contribution in [0.1, 0.15) is 38.6 Å². The maximum atomic E-state index is 12.6. The lowest BCUT2D eigenvalue weighted by Crippen LogP contribution is -2.27. The predicted molar refractivity (Wildman–Crippen MR) is 108 cm³/mol. The van der Waals surface area contributed by atoms with Crippen molar-refractivity contribution >= 4 is 28.8 Å². The largest absolute Gasteiger partial charge is 0.496 e. The summed E-state index contributed by atoms with van der Waals surface area (Å²) in [5.41, 5.74) is 1.95. The molecule has 0 aliphatic rings. The average molecular weight is 380 g/mol. The predicted octanol–water partition coefficient (Wildman–Crippen LogP) is 4.50. The normalized spacial score (nSPS) is 11.5. The highest BCUT2D eigenvalue weighted by Gasteiger charge is 2.15. The molecular weight excluding hydrogens is 360 g/mol. The van der Waals surface area contributed by atoms with Gasteiger partial charge < -0.3 is 15.4 Å². The molecule has 3 rings (SSSR count). The second kappa shape index (κ2) is 8.51. The summed E-state index contributed by atoms with van der Waals surface area (Å²) >= 11 is 1.37. The van der Waals surface area contributed by atoms with E-state index in [0.717, 1.165) is 11.3 Å². The molecule has 0 unspecified atom stereocenters. The van der Waals surface area contributed by atoms with E-state index in [2.05, 4.69) is 10.6 Å². The van der Waals surface area contributed by atoms with E-state index in [9.17, 15) is 9.59 Å². The van der Waals surface area contributed by atoms with E-state index in [-0.39, 0.29) is 17.9 Å². The van der Waals surface area contributed by atoms with Crippen LogP contribution >= 0.6 is 11.3 Å². The van der Waals surface area contributed by atoms with Crippen LogP contribution in [0.5, 0.6) is 5.75 Å². The summed E-state index contributed by atoms with van der Waals surface area (Å²) in [6.07, 6.45) is 0. The number of methoxy groups -OCH3 is 1. The zero-order valence-corrected chi connectivity index (χ0v) is 15.9.